The smallest absolute Gasteiger partial charge is 0.246 e. The first kappa shape index (κ1) is 13.2. The van der Waals surface area contributed by atoms with Crippen molar-refractivity contribution in [2.45, 2.75) is 27.2 Å². The Morgan fingerprint density at radius 1 is 1.53 bits per heavy atom. The Hall–Kier alpha value is -1.82. The second-order valence-corrected chi connectivity index (χ2v) is 4.50. The van der Waals surface area contributed by atoms with Crippen LogP contribution in [0, 0.1) is 23.7 Å². The van der Waals surface area contributed by atoms with Crippen molar-refractivity contribution in [3.05, 3.63) is 29.8 Å². The number of hydrogen-bond donors (Lipinski definition) is 0. The van der Waals surface area contributed by atoms with E-state index in [-0.39, 0.29) is 5.91 Å². The first-order chi connectivity index (χ1) is 7.94. The van der Waals surface area contributed by atoms with Gasteiger partial charge >= 0.3 is 0 Å². The third-order valence-electron chi connectivity index (χ3n) is 3.12. The number of carbonyl (C=O) groups is 1. The topological polar surface area (TPSA) is 44.1 Å². The van der Waals surface area contributed by atoms with Crippen LogP contribution in [0.15, 0.2) is 24.3 Å². The fourth-order valence-electron chi connectivity index (χ4n) is 1.60. The van der Waals surface area contributed by atoms with E-state index in [9.17, 15) is 4.79 Å². The van der Waals surface area contributed by atoms with Gasteiger partial charge in [0.15, 0.2) is 0 Å². The largest absolute Gasteiger partial charge is 0.314 e. The Labute approximate surface area is 103 Å². The molecule has 1 aromatic rings. The first-order valence-corrected chi connectivity index (χ1v) is 5.70. The van der Waals surface area contributed by atoms with Gasteiger partial charge in [-0.1, -0.05) is 19.1 Å². The molecule has 1 atom stereocenters. The summed E-state index contributed by atoms with van der Waals surface area (Å²) in [4.78, 5) is 13.8. The number of anilines is 1. The molecular weight excluding hydrogens is 212 g/mol. The molecule has 0 radical (unpaired) electrons. The van der Waals surface area contributed by atoms with E-state index in [4.69, 9.17) is 5.26 Å². The van der Waals surface area contributed by atoms with E-state index in [1.807, 2.05) is 38.1 Å². The second kappa shape index (κ2) is 5.01. The molecule has 0 saturated heterocycles. The van der Waals surface area contributed by atoms with Gasteiger partial charge in [-0.05, 0) is 38.0 Å². The Balaban J connectivity index is 3.03. The van der Waals surface area contributed by atoms with Crippen molar-refractivity contribution in [2.24, 2.45) is 5.41 Å². The van der Waals surface area contributed by atoms with Crippen LogP contribution < -0.4 is 4.90 Å². The number of amides is 1. The fourth-order valence-corrected chi connectivity index (χ4v) is 1.60. The van der Waals surface area contributed by atoms with Crippen LogP contribution in [-0.4, -0.2) is 13.0 Å². The minimum absolute atomic E-state index is 0.159. The van der Waals surface area contributed by atoms with Gasteiger partial charge in [0.05, 0.1) is 6.07 Å². The number of rotatable bonds is 3. The molecule has 0 aliphatic rings. The molecule has 0 N–H and O–H groups in total. The predicted octanol–water partition coefficient (Wildman–Crippen LogP) is 2.90. The standard InChI is InChI=1S/C14H18N2O/c1-5-14(3,10-15)13(17)16(4)12-8-6-7-11(2)9-12/h6-9H,5H2,1-4H3. The Kier molecular flexibility index (Phi) is 3.90. The van der Waals surface area contributed by atoms with Crippen LogP contribution in [-0.2, 0) is 4.79 Å². The average molecular weight is 230 g/mol. The summed E-state index contributed by atoms with van der Waals surface area (Å²) in [5, 5.41) is 9.11. The zero-order valence-electron chi connectivity index (χ0n) is 10.8. The van der Waals surface area contributed by atoms with E-state index in [1.54, 1.807) is 18.9 Å². The molecule has 3 nitrogen and oxygen atoms in total. The predicted molar refractivity (Wildman–Crippen MR) is 68.6 cm³/mol. The van der Waals surface area contributed by atoms with Crippen LogP contribution in [0.25, 0.3) is 0 Å². The maximum Gasteiger partial charge on any atom is 0.246 e. The number of nitrogens with zero attached hydrogens (tertiary/aromatic N) is 2. The molecule has 0 spiro atoms. The van der Waals surface area contributed by atoms with Gasteiger partial charge in [-0.25, -0.2) is 0 Å². The molecule has 90 valence electrons. The molecule has 0 heterocycles. The van der Waals surface area contributed by atoms with Crippen molar-refractivity contribution in [1.82, 2.24) is 0 Å². The number of carbonyl (C=O) groups excluding carboxylic acids is 1. The van der Waals surface area contributed by atoms with E-state index in [2.05, 4.69) is 6.07 Å². The molecule has 0 aromatic heterocycles. The highest BCUT2D eigenvalue weighted by atomic mass is 16.2. The molecule has 0 aliphatic heterocycles. The fraction of sp³-hybridized carbons (Fsp3) is 0.429. The van der Waals surface area contributed by atoms with Gasteiger partial charge in [0.1, 0.15) is 5.41 Å². The van der Waals surface area contributed by atoms with Crippen molar-refractivity contribution in [3.8, 4) is 6.07 Å². The second-order valence-electron chi connectivity index (χ2n) is 4.50. The zero-order valence-corrected chi connectivity index (χ0v) is 10.8. The van der Waals surface area contributed by atoms with Crippen LogP contribution in [0.2, 0.25) is 0 Å². The quantitative estimate of drug-likeness (QED) is 0.801. The van der Waals surface area contributed by atoms with Crippen molar-refractivity contribution >= 4 is 11.6 Å². The molecule has 1 unspecified atom stereocenters. The highest BCUT2D eigenvalue weighted by Gasteiger charge is 2.34. The highest BCUT2D eigenvalue weighted by Crippen LogP contribution is 2.26. The molecule has 0 fully saturated rings. The lowest BCUT2D eigenvalue weighted by Gasteiger charge is -2.26. The van der Waals surface area contributed by atoms with E-state index >= 15 is 0 Å². The summed E-state index contributed by atoms with van der Waals surface area (Å²) < 4.78 is 0. The number of aryl methyl sites for hydroxylation is 1. The Morgan fingerprint density at radius 3 is 2.65 bits per heavy atom. The molecule has 1 rings (SSSR count). The molecule has 0 bridgehead atoms. The summed E-state index contributed by atoms with van der Waals surface area (Å²) in [5.74, 6) is -0.159. The van der Waals surface area contributed by atoms with E-state index in [1.165, 1.54) is 0 Å². The summed E-state index contributed by atoms with van der Waals surface area (Å²) in [5.41, 5.74) is 0.973. The summed E-state index contributed by atoms with van der Waals surface area (Å²) in [6.07, 6.45) is 0.512. The molecule has 0 aliphatic carbocycles. The lowest BCUT2D eigenvalue weighted by atomic mass is 9.87. The van der Waals surface area contributed by atoms with Gasteiger partial charge in [-0.15, -0.1) is 0 Å². The van der Waals surface area contributed by atoms with Crippen molar-refractivity contribution in [3.63, 3.8) is 0 Å². The van der Waals surface area contributed by atoms with Crippen molar-refractivity contribution in [1.29, 1.82) is 5.26 Å². The number of benzene rings is 1. The van der Waals surface area contributed by atoms with Gasteiger partial charge in [0.25, 0.3) is 0 Å². The van der Waals surface area contributed by atoms with Crippen molar-refractivity contribution in [2.75, 3.05) is 11.9 Å². The van der Waals surface area contributed by atoms with Gasteiger partial charge in [0, 0.05) is 12.7 Å². The molecule has 3 heteroatoms. The lowest BCUT2D eigenvalue weighted by Crippen LogP contribution is -2.39. The number of hydrogen-bond acceptors (Lipinski definition) is 2. The SMILES string of the molecule is CCC(C)(C#N)C(=O)N(C)c1cccc(C)c1. The summed E-state index contributed by atoms with van der Waals surface area (Å²) in [7, 11) is 1.71. The molecule has 0 saturated carbocycles. The van der Waals surface area contributed by atoms with Gasteiger partial charge in [0.2, 0.25) is 5.91 Å². The number of nitriles is 1. The Morgan fingerprint density at radius 2 is 2.18 bits per heavy atom. The third-order valence-corrected chi connectivity index (χ3v) is 3.12. The Bertz CT molecular complexity index is 462. The lowest BCUT2D eigenvalue weighted by molar-refractivity contribution is -0.124. The molecule has 17 heavy (non-hydrogen) atoms. The van der Waals surface area contributed by atoms with Crippen molar-refractivity contribution < 1.29 is 4.79 Å². The third kappa shape index (κ3) is 2.65. The molecule has 1 amide bonds. The molecule has 1 aromatic carbocycles. The van der Waals surface area contributed by atoms with Crippen LogP contribution in [0.1, 0.15) is 25.8 Å². The molecular formula is C14H18N2O. The summed E-state index contributed by atoms with van der Waals surface area (Å²) in [6, 6.07) is 9.80. The normalized spacial score (nSPS) is 13.6. The highest BCUT2D eigenvalue weighted by molar-refractivity contribution is 5.98. The van der Waals surface area contributed by atoms with E-state index in [0.717, 1.165) is 11.3 Å². The monoisotopic (exact) mass is 230 g/mol. The van der Waals surface area contributed by atoms with Crippen LogP contribution >= 0.6 is 0 Å². The summed E-state index contributed by atoms with van der Waals surface area (Å²) in [6.45, 7) is 5.51. The maximum atomic E-state index is 12.2. The summed E-state index contributed by atoms with van der Waals surface area (Å²) >= 11 is 0. The zero-order chi connectivity index (χ0) is 13.1. The van der Waals surface area contributed by atoms with E-state index < -0.39 is 5.41 Å². The van der Waals surface area contributed by atoms with Gasteiger partial charge in [-0.3, -0.25) is 4.79 Å². The average Bonchev–Trinajstić information content (AvgIpc) is 2.36. The van der Waals surface area contributed by atoms with E-state index in [0.29, 0.717) is 6.42 Å². The van der Waals surface area contributed by atoms with Gasteiger partial charge in [-0.2, -0.15) is 5.26 Å². The van der Waals surface area contributed by atoms with Crippen LogP contribution in [0.3, 0.4) is 0 Å². The minimum atomic E-state index is -0.946. The minimum Gasteiger partial charge on any atom is -0.314 e. The van der Waals surface area contributed by atoms with Gasteiger partial charge < -0.3 is 4.90 Å². The van der Waals surface area contributed by atoms with Crippen LogP contribution in [0.5, 0.6) is 0 Å². The maximum absolute atomic E-state index is 12.2. The first-order valence-electron chi connectivity index (χ1n) is 5.70. The van der Waals surface area contributed by atoms with Crippen LogP contribution in [0.4, 0.5) is 5.69 Å².